The average molecular weight is 592 g/mol. The lowest BCUT2D eigenvalue weighted by molar-refractivity contribution is -0.146. The van der Waals surface area contributed by atoms with Crippen molar-refractivity contribution in [2.24, 2.45) is 0 Å². The highest BCUT2D eigenvalue weighted by Crippen LogP contribution is 2.29. The predicted octanol–water partition coefficient (Wildman–Crippen LogP) is 5.82. The number of benzene rings is 3. The van der Waals surface area contributed by atoms with Crippen LogP contribution in [0.25, 0.3) is 5.57 Å². The lowest BCUT2D eigenvalue weighted by Crippen LogP contribution is -2.36. The van der Waals surface area contributed by atoms with Crippen LogP contribution in [0.3, 0.4) is 0 Å². The number of anilines is 2. The molecule has 1 unspecified atom stereocenters. The molecule has 0 radical (unpaired) electrons. The SMILES string of the molecule is O=C(NCC(O)C(=O)O)c1ccc(CN(C(=O)Nc2cccc(Br)c2)c2ccc(C3=CCCCC3)cc2)cc1. The summed E-state index contributed by atoms with van der Waals surface area (Å²) in [6.07, 6.45) is 5.16. The highest BCUT2D eigenvalue weighted by molar-refractivity contribution is 9.10. The molecule has 1 aliphatic carbocycles. The maximum atomic E-state index is 13.4. The predicted molar refractivity (Wildman–Crippen MR) is 155 cm³/mol. The van der Waals surface area contributed by atoms with Crippen LogP contribution in [0.1, 0.15) is 47.2 Å². The zero-order valence-corrected chi connectivity index (χ0v) is 22.9. The second kappa shape index (κ2) is 13.2. The molecule has 0 saturated heterocycles. The molecule has 0 bridgehead atoms. The van der Waals surface area contributed by atoms with E-state index in [0.717, 1.165) is 34.1 Å². The van der Waals surface area contributed by atoms with Crippen LogP contribution in [0.5, 0.6) is 0 Å². The van der Waals surface area contributed by atoms with Crippen molar-refractivity contribution in [1.29, 1.82) is 0 Å². The van der Waals surface area contributed by atoms with Gasteiger partial charge in [-0.2, -0.15) is 0 Å². The Morgan fingerprint density at radius 1 is 0.974 bits per heavy atom. The minimum atomic E-state index is -1.67. The number of nitrogens with one attached hydrogen (secondary N) is 2. The number of amides is 3. The Morgan fingerprint density at radius 2 is 1.72 bits per heavy atom. The number of carbonyl (C=O) groups excluding carboxylic acids is 2. The van der Waals surface area contributed by atoms with Gasteiger partial charge >= 0.3 is 12.0 Å². The fourth-order valence-corrected chi connectivity index (χ4v) is 4.72. The third kappa shape index (κ3) is 7.78. The topological polar surface area (TPSA) is 119 Å². The maximum absolute atomic E-state index is 13.4. The molecule has 0 heterocycles. The van der Waals surface area contributed by atoms with Gasteiger partial charge in [-0.05, 0) is 84.8 Å². The molecule has 0 spiro atoms. The van der Waals surface area contributed by atoms with Gasteiger partial charge in [-0.25, -0.2) is 9.59 Å². The van der Waals surface area contributed by atoms with Gasteiger partial charge in [0.05, 0.1) is 13.1 Å². The Kier molecular flexibility index (Phi) is 9.51. The fraction of sp³-hybridized carbons (Fsp3) is 0.233. The molecule has 3 amide bonds. The number of rotatable bonds is 9. The molecule has 8 nitrogen and oxygen atoms in total. The van der Waals surface area contributed by atoms with E-state index in [2.05, 4.69) is 32.6 Å². The minimum absolute atomic E-state index is 0.251. The molecule has 3 aromatic carbocycles. The van der Waals surface area contributed by atoms with Crippen LogP contribution in [0.2, 0.25) is 0 Å². The van der Waals surface area contributed by atoms with Crippen molar-refractivity contribution in [3.8, 4) is 0 Å². The van der Waals surface area contributed by atoms with Crippen LogP contribution >= 0.6 is 15.9 Å². The summed E-state index contributed by atoms with van der Waals surface area (Å²) >= 11 is 3.43. The van der Waals surface area contributed by atoms with Crippen LogP contribution in [0.15, 0.2) is 83.3 Å². The van der Waals surface area contributed by atoms with Crippen LogP contribution in [-0.2, 0) is 11.3 Å². The van der Waals surface area contributed by atoms with Gasteiger partial charge in [0.2, 0.25) is 0 Å². The number of urea groups is 1. The van der Waals surface area contributed by atoms with E-state index in [1.165, 1.54) is 18.4 Å². The molecule has 1 atom stereocenters. The van der Waals surface area contributed by atoms with E-state index in [0.29, 0.717) is 11.3 Å². The number of carbonyl (C=O) groups is 3. The van der Waals surface area contributed by atoms with Crippen LogP contribution in [0.4, 0.5) is 16.2 Å². The lowest BCUT2D eigenvalue weighted by Gasteiger charge is -2.24. The van der Waals surface area contributed by atoms with Crippen molar-refractivity contribution < 1.29 is 24.6 Å². The number of aliphatic carboxylic acids is 1. The summed E-state index contributed by atoms with van der Waals surface area (Å²) in [6.45, 7) is -0.145. The number of carboxylic acids is 1. The Hall–Kier alpha value is -3.95. The first-order valence-electron chi connectivity index (χ1n) is 12.7. The summed E-state index contributed by atoms with van der Waals surface area (Å²) in [4.78, 5) is 38.2. The van der Waals surface area contributed by atoms with Gasteiger partial charge in [-0.1, -0.05) is 52.3 Å². The van der Waals surface area contributed by atoms with E-state index < -0.39 is 24.5 Å². The normalized spacial score (nSPS) is 13.6. The Morgan fingerprint density at radius 3 is 2.36 bits per heavy atom. The smallest absolute Gasteiger partial charge is 0.334 e. The third-order valence-electron chi connectivity index (χ3n) is 6.46. The molecular formula is C30H30BrN3O5. The molecule has 202 valence electrons. The number of carboxylic acid groups (broad SMARTS) is 1. The van der Waals surface area contributed by atoms with Crippen LogP contribution in [-0.4, -0.2) is 40.8 Å². The highest BCUT2D eigenvalue weighted by Gasteiger charge is 2.19. The van der Waals surface area contributed by atoms with Crippen molar-refractivity contribution >= 4 is 50.8 Å². The number of aliphatic hydroxyl groups excluding tert-OH is 1. The van der Waals surface area contributed by atoms with Crippen molar-refractivity contribution in [2.45, 2.75) is 38.3 Å². The first kappa shape index (κ1) is 28.1. The number of hydrogen-bond acceptors (Lipinski definition) is 4. The second-order valence-electron chi connectivity index (χ2n) is 9.31. The van der Waals surface area contributed by atoms with Gasteiger partial charge in [-0.15, -0.1) is 0 Å². The standard InChI is InChI=1S/C30H30BrN3O5/c31-24-7-4-8-25(17-24)33-30(39)34(26-15-13-22(14-16-26)21-5-2-1-3-6-21)19-20-9-11-23(12-10-20)28(36)32-18-27(35)29(37)38/h4-5,7-17,27,35H,1-3,6,18-19H2,(H,32,36)(H,33,39)(H,37,38). The highest BCUT2D eigenvalue weighted by atomic mass is 79.9. The summed E-state index contributed by atoms with van der Waals surface area (Å²) in [5.74, 6) is -1.91. The Bertz CT molecular complexity index is 1360. The molecule has 4 rings (SSSR count). The van der Waals surface area contributed by atoms with Crippen molar-refractivity contribution in [3.05, 3.63) is 100 Å². The molecule has 1 aliphatic rings. The molecule has 9 heteroatoms. The van der Waals surface area contributed by atoms with Gasteiger partial charge in [0.25, 0.3) is 5.91 Å². The maximum Gasteiger partial charge on any atom is 0.334 e. The van der Waals surface area contributed by atoms with Gasteiger partial charge in [0, 0.05) is 21.4 Å². The molecule has 0 saturated carbocycles. The Balaban J connectivity index is 1.52. The summed E-state index contributed by atoms with van der Waals surface area (Å²) in [6, 6.07) is 21.7. The fourth-order valence-electron chi connectivity index (χ4n) is 4.32. The van der Waals surface area contributed by atoms with Crippen molar-refractivity contribution in [2.75, 3.05) is 16.8 Å². The molecule has 0 fully saturated rings. The first-order valence-corrected chi connectivity index (χ1v) is 13.5. The molecule has 0 aromatic heterocycles. The van der Waals surface area contributed by atoms with Gasteiger partial charge in [0.15, 0.2) is 6.10 Å². The van der Waals surface area contributed by atoms with Crippen LogP contribution in [0, 0.1) is 0 Å². The number of allylic oxidation sites excluding steroid dienone is 2. The zero-order valence-electron chi connectivity index (χ0n) is 21.3. The average Bonchev–Trinajstić information content (AvgIpc) is 2.95. The van der Waals surface area contributed by atoms with E-state index in [1.807, 2.05) is 48.5 Å². The third-order valence-corrected chi connectivity index (χ3v) is 6.95. The van der Waals surface area contributed by atoms with E-state index in [9.17, 15) is 19.5 Å². The van der Waals surface area contributed by atoms with E-state index in [-0.39, 0.29) is 12.6 Å². The van der Waals surface area contributed by atoms with E-state index >= 15 is 0 Å². The second-order valence-corrected chi connectivity index (χ2v) is 10.2. The summed E-state index contributed by atoms with van der Waals surface area (Å²) in [5, 5.41) is 23.5. The van der Waals surface area contributed by atoms with Gasteiger partial charge in [-0.3, -0.25) is 9.69 Å². The quantitative estimate of drug-likeness (QED) is 0.250. The summed E-state index contributed by atoms with van der Waals surface area (Å²) in [7, 11) is 0. The summed E-state index contributed by atoms with van der Waals surface area (Å²) < 4.78 is 0.849. The van der Waals surface area contributed by atoms with Gasteiger partial charge < -0.3 is 20.8 Å². The number of halogens is 1. The summed E-state index contributed by atoms with van der Waals surface area (Å²) in [5.41, 5.74) is 4.98. The number of hydrogen-bond donors (Lipinski definition) is 4. The molecule has 39 heavy (non-hydrogen) atoms. The van der Waals surface area contributed by atoms with Crippen molar-refractivity contribution in [1.82, 2.24) is 5.32 Å². The molecule has 0 aliphatic heterocycles. The lowest BCUT2D eigenvalue weighted by atomic mass is 9.93. The first-order chi connectivity index (χ1) is 18.8. The number of nitrogens with zero attached hydrogens (tertiary/aromatic N) is 1. The monoisotopic (exact) mass is 591 g/mol. The molecule has 3 aromatic rings. The Labute approximate surface area is 235 Å². The van der Waals surface area contributed by atoms with E-state index in [1.54, 1.807) is 29.2 Å². The molecular weight excluding hydrogens is 562 g/mol. The number of aliphatic hydroxyl groups is 1. The molecule has 4 N–H and O–H groups in total. The van der Waals surface area contributed by atoms with Crippen molar-refractivity contribution in [3.63, 3.8) is 0 Å². The van der Waals surface area contributed by atoms with Crippen LogP contribution < -0.4 is 15.5 Å². The largest absolute Gasteiger partial charge is 0.479 e. The van der Waals surface area contributed by atoms with Gasteiger partial charge in [0.1, 0.15) is 0 Å². The zero-order chi connectivity index (χ0) is 27.8. The van der Waals surface area contributed by atoms with E-state index in [4.69, 9.17) is 5.11 Å². The minimum Gasteiger partial charge on any atom is -0.479 e.